The Labute approximate surface area is 192 Å². The summed E-state index contributed by atoms with van der Waals surface area (Å²) in [6, 6.07) is 11.1. The normalized spacial score (nSPS) is 24.7. The number of methoxy groups -OCH3 is 1. The highest BCUT2D eigenvalue weighted by Crippen LogP contribution is 2.34. The molecule has 1 aromatic heterocycles. The Balaban J connectivity index is 1.53. The van der Waals surface area contributed by atoms with E-state index in [1.54, 1.807) is 31.4 Å². The predicted molar refractivity (Wildman–Crippen MR) is 116 cm³/mol. The van der Waals surface area contributed by atoms with Crippen molar-refractivity contribution in [3.63, 3.8) is 0 Å². The van der Waals surface area contributed by atoms with Crippen molar-refractivity contribution < 1.29 is 48.9 Å². The van der Waals surface area contributed by atoms with Gasteiger partial charge in [-0.05, 0) is 29.8 Å². The van der Waals surface area contributed by atoms with Crippen LogP contribution in [0.3, 0.4) is 0 Å². The number of aromatic hydroxyl groups is 1. The number of rotatable bonds is 7. The predicted octanol–water partition coefficient (Wildman–Crippen LogP) is 0.265. The van der Waals surface area contributed by atoms with E-state index in [0.29, 0.717) is 5.75 Å². The number of fused-ring (bicyclic) bond motifs is 1. The molecule has 5 atom stereocenters. The van der Waals surface area contributed by atoms with Crippen molar-refractivity contribution in [2.24, 2.45) is 0 Å². The lowest BCUT2D eigenvalue weighted by Gasteiger charge is -2.39. The molecular weight excluding hydrogens is 452 g/mol. The monoisotopic (exact) mass is 476 g/mol. The van der Waals surface area contributed by atoms with E-state index in [0.717, 1.165) is 5.56 Å². The topological polar surface area (TPSA) is 168 Å². The summed E-state index contributed by atoms with van der Waals surface area (Å²) in [6.07, 6.45) is -7.30. The van der Waals surface area contributed by atoms with Crippen LogP contribution in [0.5, 0.6) is 23.0 Å². The first kappa shape index (κ1) is 23.8. The van der Waals surface area contributed by atoms with Gasteiger partial charge in [0.05, 0.1) is 19.1 Å². The van der Waals surface area contributed by atoms with Crippen LogP contribution in [0.4, 0.5) is 0 Å². The largest absolute Gasteiger partial charge is 0.504 e. The molecule has 0 amide bonds. The van der Waals surface area contributed by atoms with Crippen molar-refractivity contribution in [1.82, 2.24) is 0 Å². The number of hydrogen-bond acceptors (Lipinski definition) is 11. The molecule has 0 bridgehead atoms. The van der Waals surface area contributed by atoms with E-state index in [1.165, 1.54) is 18.2 Å². The Morgan fingerprint density at radius 3 is 2.35 bits per heavy atom. The minimum Gasteiger partial charge on any atom is -0.504 e. The van der Waals surface area contributed by atoms with Crippen LogP contribution in [0.15, 0.2) is 51.7 Å². The first-order valence-corrected chi connectivity index (χ1v) is 10.3. The summed E-state index contributed by atoms with van der Waals surface area (Å²) in [6.45, 7) is -0.600. The maximum Gasteiger partial charge on any atom is 0.383 e. The molecule has 11 nitrogen and oxygen atoms in total. The molecular formula is C23H24O11. The first-order valence-electron chi connectivity index (χ1n) is 10.3. The van der Waals surface area contributed by atoms with Crippen LogP contribution in [0.1, 0.15) is 5.56 Å². The van der Waals surface area contributed by atoms with Crippen LogP contribution in [-0.2, 0) is 11.3 Å². The molecule has 1 saturated heterocycles. The molecule has 182 valence electrons. The van der Waals surface area contributed by atoms with E-state index in [9.17, 15) is 30.3 Å². The highest BCUT2D eigenvalue weighted by molar-refractivity contribution is 5.86. The maximum atomic E-state index is 12.4. The SMILES string of the molecule is COc1ccc(COc2c(O)c3ccc(O[C@@H]4O[C@H](CO)[C@@H](O)[C@H](O)[C@H]4O)cc3oc2=O)cc1. The summed E-state index contributed by atoms with van der Waals surface area (Å²) in [5, 5.41) is 49.9. The maximum absolute atomic E-state index is 12.4. The van der Waals surface area contributed by atoms with Gasteiger partial charge in [0.25, 0.3) is 0 Å². The summed E-state index contributed by atoms with van der Waals surface area (Å²) in [5.74, 6) is -0.0325. The van der Waals surface area contributed by atoms with E-state index < -0.39 is 48.7 Å². The third-order valence-corrected chi connectivity index (χ3v) is 5.45. The summed E-state index contributed by atoms with van der Waals surface area (Å²) in [4.78, 5) is 12.4. The summed E-state index contributed by atoms with van der Waals surface area (Å²) in [7, 11) is 1.55. The Bertz CT molecular complexity index is 1190. The van der Waals surface area contributed by atoms with E-state index in [2.05, 4.69) is 0 Å². The number of aliphatic hydroxyl groups excluding tert-OH is 4. The van der Waals surface area contributed by atoms with Crippen LogP contribution >= 0.6 is 0 Å². The minimum atomic E-state index is -1.61. The molecule has 1 aliphatic rings. The zero-order valence-electron chi connectivity index (χ0n) is 18.0. The lowest BCUT2D eigenvalue weighted by Crippen LogP contribution is -2.60. The summed E-state index contributed by atoms with van der Waals surface area (Å²) >= 11 is 0. The van der Waals surface area contributed by atoms with Gasteiger partial charge in [-0.2, -0.15) is 0 Å². The Kier molecular flexibility index (Phi) is 6.91. The Morgan fingerprint density at radius 2 is 1.68 bits per heavy atom. The standard InChI is InChI=1S/C23H24O11/c1-30-12-4-2-11(3-5-12)10-31-21-17(25)14-7-6-13(8-15(14)33-22(21)29)32-23-20(28)19(27)18(26)16(9-24)34-23/h2-8,16,18-20,23-28H,9-10H2,1H3/t16-,18-,19+,20-,23-/m1/s1. The summed E-state index contributed by atoms with van der Waals surface area (Å²) < 4.78 is 26.7. The number of ether oxygens (including phenoxy) is 4. The van der Waals surface area contributed by atoms with Gasteiger partial charge in [0.2, 0.25) is 12.0 Å². The van der Waals surface area contributed by atoms with Crippen molar-refractivity contribution in [2.75, 3.05) is 13.7 Å². The molecule has 1 aliphatic heterocycles. The lowest BCUT2D eigenvalue weighted by molar-refractivity contribution is -0.277. The van der Waals surface area contributed by atoms with Crippen molar-refractivity contribution in [3.05, 3.63) is 58.4 Å². The molecule has 0 spiro atoms. The van der Waals surface area contributed by atoms with Crippen molar-refractivity contribution >= 4 is 11.0 Å². The highest BCUT2D eigenvalue weighted by Gasteiger charge is 2.44. The zero-order chi connectivity index (χ0) is 24.4. The van der Waals surface area contributed by atoms with Gasteiger partial charge in [0.1, 0.15) is 48.1 Å². The van der Waals surface area contributed by atoms with Gasteiger partial charge in [-0.3, -0.25) is 0 Å². The quantitative estimate of drug-likeness (QED) is 0.297. The molecule has 0 radical (unpaired) electrons. The van der Waals surface area contributed by atoms with Crippen LogP contribution in [0.25, 0.3) is 11.0 Å². The van der Waals surface area contributed by atoms with E-state index in [-0.39, 0.29) is 29.1 Å². The fourth-order valence-electron chi connectivity index (χ4n) is 3.52. The second-order valence-corrected chi connectivity index (χ2v) is 7.68. The minimum absolute atomic E-state index is 0.00608. The molecule has 0 saturated carbocycles. The van der Waals surface area contributed by atoms with Gasteiger partial charge in [0.15, 0.2) is 5.75 Å². The fourth-order valence-corrected chi connectivity index (χ4v) is 3.52. The average Bonchev–Trinajstić information content (AvgIpc) is 2.84. The van der Waals surface area contributed by atoms with Gasteiger partial charge in [-0.15, -0.1) is 0 Å². The van der Waals surface area contributed by atoms with Gasteiger partial charge < -0.3 is 48.9 Å². The average molecular weight is 476 g/mol. The van der Waals surface area contributed by atoms with E-state index in [4.69, 9.17) is 23.4 Å². The zero-order valence-corrected chi connectivity index (χ0v) is 18.0. The van der Waals surface area contributed by atoms with Crippen LogP contribution in [0, 0.1) is 0 Å². The van der Waals surface area contributed by atoms with Crippen molar-refractivity contribution in [2.45, 2.75) is 37.3 Å². The van der Waals surface area contributed by atoms with Crippen LogP contribution in [-0.4, -0.2) is 70.0 Å². The number of hydrogen-bond donors (Lipinski definition) is 5. The molecule has 2 heterocycles. The van der Waals surface area contributed by atoms with Gasteiger partial charge in [0, 0.05) is 6.07 Å². The second kappa shape index (κ2) is 9.87. The third-order valence-electron chi connectivity index (χ3n) is 5.45. The number of aliphatic hydroxyl groups is 4. The Hall–Kier alpha value is -3.35. The van der Waals surface area contributed by atoms with Gasteiger partial charge in [-0.25, -0.2) is 4.79 Å². The molecule has 1 fully saturated rings. The van der Waals surface area contributed by atoms with Crippen molar-refractivity contribution in [1.29, 1.82) is 0 Å². The van der Waals surface area contributed by atoms with Crippen LogP contribution in [0.2, 0.25) is 0 Å². The smallest absolute Gasteiger partial charge is 0.383 e. The molecule has 5 N–H and O–H groups in total. The molecule has 4 rings (SSSR count). The van der Waals surface area contributed by atoms with E-state index >= 15 is 0 Å². The van der Waals surface area contributed by atoms with Crippen LogP contribution < -0.4 is 19.8 Å². The van der Waals surface area contributed by atoms with Crippen molar-refractivity contribution in [3.8, 4) is 23.0 Å². The molecule has 3 aromatic rings. The highest BCUT2D eigenvalue weighted by atomic mass is 16.7. The Morgan fingerprint density at radius 1 is 0.971 bits per heavy atom. The molecule has 0 aliphatic carbocycles. The lowest BCUT2D eigenvalue weighted by atomic mass is 9.99. The second-order valence-electron chi connectivity index (χ2n) is 7.68. The molecule has 34 heavy (non-hydrogen) atoms. The van der Waals surface area contributed by atoms with E-state index in [1.807, 2.05) is 0 Å². The van der Waals surface area contributed by atoms with Gasteiger partial charge >= 0.3 is 5.63 Å². The number of benzene rings is 2. The fraction of sp³-hybridized carbons (Fsp3) is 0.348. The summed E-state index contributed by atoms with van der Waals surface area (Å²) in [5.41, 5.74) is -0.201. The molecule has 2 aromatic carbocycles. The third kappa shape index (κ3) is 4.65. The molecule has 11 heteroatoms. The first-order chi connectivity index (χ1) is 16.3. The molecule has 0 unspecified atom stereocenters. The van der Waals surface area contributed by atoms with Gasteiger partial charge in [-0.1, -0.05) is 12.1 Å².